The van der Waals surface area contributed by atoms with Crippen molar-refractivity contribution in [3.8, 4) is 22.8 Å². The van der Waals surface area contributed by atoms with Gasteiger partial charge in [-0.25, -0.2) is 4.98 Å². The number of carbonyl (C=O) groups excluding carboxylic acids is 2. The van der Waals surface area contributed by atoms with Crippen LogP contribution in [0.15, 0.2) is 36.5 Å². The first kappa shape index (κ1) is 30.1. The Morgan fingerprint density at radius 3 is 2.53 bits per heavy atom. The Bertz CT molecular complexity index is 1910. The van der Waals surface area contributed by atoms with Crippen molar-refractivity contribution < 1.29 is 24.2 Å². The maximum absolute atomic E-state index is 13.6. The van der Waals surface area contributed by atoms with Crippen molar-refractivity contribution in [3.05, 3.63) is 68.4 Å². The van der Waals surface area contributed by atoms with Crippen LogP contribution in [-0.2, 0) is 15.8 Å². The van der Waals surface area contributed by atoms with Gasteiger partial charge in [0.1, 0.15) is 40.3 Å². The lowest BCUT2D eigenvalue weighted by molar-refractivity contribution is -0.123. The average Bonchev–Trinajstić information content (AvgIpc) is 3.96. The lowest BCUT2D eigenvalue weighted by Gasteiger charge is -2.30. The number of ether oxygens (including phenoxy) is 2. The summed E-state index contributed by atoms with van der Waals surface area (Å²) in [7, 11) is 1.54. The zero-order valence-corrected chi connectivity index (χ0v) is 26.8. The zero-order valence-electron chi connectivity index (χ0n) is 24.5. The number of amides is 2. The molecule has 3 aliphatic rings. The van der Waals surface area contributed by atoms with Gasteiger partial charge in [0.2, 0.25) is 5.91 Å². The third-order valence-corrected chi connectivity index (χ3v) is 10.1. The molecule has 13 heteroatoms. The van der Waals surface area contributed by atoms with E-state index in [1.165, 1.54) is 6.07 Å². The summed E-state index contributed by atoms with van der Waals surface area (Å²) in [5, 5.41) is 21.4. The molecular formula is C32H30Cl3N5O5. The molecule has 1 aliphatic heterocycles. The summed E-state index contributed by atoms with van der Waals surface area (Å²) >= 11 is 19.2. The summed E-state index contributed by atoms with van der Waals surface area (Å²) in [5.74, 6) is -0.385. The Morgan fingerprint density at radius 1 is 1.13 bits per heavy atom. The summed E-state index contributed by atoms with van der Waals surface area (Å²) in [5.41, 5.74) is 5.52. The van der Waals surface area contributed by atoms with E-state index in [4.69, 9.17) is 55.0 Å². The highest BCUT2D eigenvalue weighted by Gasteiger charge is 2.50. The molecule has 2 fully saturated rings. The third kappa shape index (κ3) is 5.08. The number of methoxy groups -OCH3 is 1. The van der Waals surface area contributed by atoms with Gasteiger partial charge in [0.05, 0.1) is 40.5 Å². The predicted molar refractivity (Wildman–Crippen MR) is 170 cm³/mol. The van der Waals surface area contributed by atoms with Crippen LogP contribution in [0.2, 0.25) is 15.1 Å². The minimum absolute atomic E-state index is 0.0189. The molecule has 2 amide bonds. The van der Waals surface area contributed by atoms with E-state index in [1.54, 1.807) is 38.3 Å². The van der Waals surface area contributed by atoms with Crippen molar-refractivity contribution in [3.63, 3.8) is 0 Å². The largest absolute Gasteiger partial charge is 0.494 e. The minimum atomic E-state index is -1.59. The Morgan fingerprint density at radius 2 is 1.87 bits per heavy atom. The summed E-state index contributed by atoms with van der Waals surface area (Å²) in [6.45, 7) is 1.51. The number of nitrogens with zero attached hydrogens (tertiary/aromatic N) is 3. The molecule has 2 aliphatic carbocycles. The van der Waals surface area contributed by atoms with Gasteiger partial charge in [0.15, 0.2) is 0 Å². The Labute approximate surface area is 273 Å². The first-order valence-corrected chi connectivity index (χ1v) is 15.8. The molecule has 7 rings (SSSR count). The van der Waals surface area contributed by atoms with Gasteiger partial charge in [-0.05, 0) is 68.9 Å². The lowest BCUT2D eigenvalue weighted by atomic mass is 9.81. The van der Waals surface area contributed by atoms with Crippen molar-refractivity contribution in [1.82, 2.24) is 20.1 Å². The van der Waals surface area contributed by atoms with Crippen molar-refractivity contribution in [2.24, 2.45) is 11.7 Å². The number of hydrogen-bond acceptors (Lipinski definition) is 7. The number of pyridine rings is 1. The predicted octanol–water partition coefficient (Wildman–Crippen LogP) is 5.57. The molecule has 4 aromatic rings. The van der Waals surface area contributed by atoms with Gasteiger partial charge in [0.25, 0.3) is 5.91 Å². The molecule has 0 bridgehead atoms. The van der Waals surface area contributed by atoms with Crippen LogP contribution in [0.3, 0.4) is 0 Å². The molecule has 0 unspecified atom stereocenters. The molecule has 234 valence electrons. The molecule has 2 aromatic carbocycles. The second-order valence-corrected chi connectivity index (χ2v) is 13.5. The van der Waals surface area contributed by atoms with Crippen LogP contribution >= 0.6 is 34.8 Å². The summed E-state index contributed by atoms with van der Waals surface area (Å²) in [6.07, 6.45) is 5.51. The van der Waals surface area contributed by atoms with Crippen LogP contribution < -0.4 is 20.5 Å². The van der Waals surface area contributed by atoms with Crippen LogP contribution in [0.1, 0.15) is 60.3 Å². The highest BCUT2D eigenvalue weighted by atomic mass is 35.5. The fraction of sp³-hybridized carbons (Fsp3) is 0.375. The van der Waals surface area contributed by atoms with E-state index < -0.39 is 22.8 Å². The first-order valence-electron chi connectivity index (χ1n) is 14.6. The van der Waals surface area contributed by atoms with Crippen molar-refractivity contribution in [2.45, 2.75) is 49.7 Å². The number of rotatable bonds is 9. The van der Waals surface area contributed by atoms with Gasteiger partial charge in [0, 0.05) is 28.3 Å². The summed E-state index contributed by atoms with van der Waals surface area (Å²) < 4.78 is 13.5. The molecule has 0 saturated heterocycles. The number of halogens is 3. The van der Waals surface area contributed by atoms with Crippen molar-refractivity contribution in [1.29, 1.82) is 0 Å². The van der Waals surface area contributed by atoms with Crippen LogP contribution in [0, 0.1) is 5.92 Å². The van der Waals surface area contributed by atoms with E-state index >= 15 is 0 Å². The molecule has 45 heavy (non-hydrogen) atoms. The Balaban J connectivity index is 1.27. The summed E-state index contributed by atoms with van der Waals surface area (Å²) in [6, 6.07) is 8.49. The van der Waals surface area contributed by atoms with E-state index in [0.29, 0.717) is 39.7 Å². The molecule has 2 saturated carbocycles. The monoisotopic (exact) mass is 669 g/mol. The van der Waals surface area contributed by atoms with Gasteiger partial charge in [-0.2, -0.15) is 5.10 Å². The van der Waals surface area contributed by atoms with Gasteiger partial charge in [-0.1, -0.05) is 34.8 Å². The normalized spacial score (nSPS) is 20.4. The van der Waals surface area contributed by atoms with Gasteiger partial charge >= 0.3 is 0 Å². The Hall–Kier alpha value is -3.57. The number of fused-ring (bicyclic) bond motifs is 2. The van der Waals surface area contributed by atoms with Gasteiger partial charge in [-0.15, -0.1) is 0 Å². The highest BCUT2D eigenvalue weighted by molar-refractivity contribution is 6.44. The maximum Gasteiger partial charge on any atom is 0.251 e. The fourth-order valence-corrected chi connectivity index (χ4v) is 6.59. The number of hydrogen-bond donors (Lipinski definition) is 3. The number of nitrogens with two attached hydrogens (primary N) is 1. The van der Waals surface area contributed by atoms with Gasteiger partial charge in [-0.3, -0.25) is 14.3 Å². The van der Waals surface area contributed by atoms with Crippen LogP contribution in [-0.4, -0.2) is 51.9 Å². The number of nitrogens with one attached hydrogen (secondary N) is 1. The third-order valence-electron chi connectivity index (χ3n) is 9.09. The van der Waals surface area contributed by atoms with Crippen LogP contribution in [0.25, 0.3) is 22.2 Å². The molecular weight excluding hydrogens is 641 g/mol. The maximum atomic E-state index is 13.6. The number of benzene rings is 2. The van der Waals surface area contributed by atoms with Crippen molar-refractivity contribution >= 4 is 57.5 Å². The molecule has 10 nitrogen and oxygen atoms in total. The Kier molecular flexibility index (Phi) is 7.20. The number of primary amides is 1. The van der Waals surface area contributed by atoms with E-state index in [9.17, 15) is 14.7 Å². The smallest absolute Gasteiger partial charge is 0.251 e. The molecule has 4 N–H and O–H groups in total. The fourth-order valence-electron chi connectivity index (χ4n) is 5.95. The molecule has 0 spiro atoms. The summed E-state index contributed by atoms with van der Waals surface area (Å²) in [4.78, 5) is 31.1. The van der Waals surface area contributed by atoms with Gasteiger partial charge < -0.3 is 25.6 Å². The minimum Gasteiger partial charge on any atom is -0.494 e. The van der Waals surface area contributed by atoms with Crippen LogP contribution in [0.4, 0.5) is 0 Å². The van der Waals surface area contributed by atoms with Crippen molar-refractivity contribution in [2.75, 3.05) is 20.3 Å². The van der Waals surface area contributed by atoms with E-state index in [1.807, 2.05) is 10.9 Å². The number of aliphatic hydroxyl groups is 1. The lowest BCUT2D eigenvalue weighted by Crippen LogP contribution is -2.44. The number of carbonyl (C=O) groups is 2. The first-order chi connectivity index (χ1) is 21.4. The zero-order chi connectivity index (χ0) is 31.8. The van der Waals surface area contributed by atoms with E-state index in [2.05, 4.69) is 10.4 Å². The molecule has 2 aromatic heterocycles. The topological polar surface area (TPSA) is 142 Å². The highest BCUT2D eigenvalue weighted by Crippen LogP contribution is 2.51. The standard InChI is InChI=1S/C32H30Cl3N5O5/c1-31(30(36)42)14-45-28-20(31)10-25(38-27(28)19-9-22(34)23(35)11-21(19)33)32(43,17-3-4-17)13-37-29(41)15-7-16-12-40(18-5-6-18)39-26(16)24(8-15)44-2/h7-12,17-18,43H,3-6,13-14H2,1-2H3,(H2,36,42)(H,37,41)/t31-,32+/m0/s1. The molecule has 3 heterocycles. The molecule has 2 atom stereocenters. The van der Waals surface area contributed by atoms with E-state index in [-0.39, 0.29) is 45.5 Å². The number of aromatic nitrogens is 3. The average molecular weight is 671 g/mol. The van der Waals surface area contributed by atoms with Crippen LogP contribution in [0.5, 0.6) is 11.5 Å². The SMILES string of the molecule is COc1cc(C(=O)NC[C@](O)(c2cc3c(c(-c4cc(Cl)c(Cl)cc4Cl)n2)OC[C@]3(C)C(N)=O)C2CC2)cc2cn(C3CC3)nc12. The second-order valence-electron chi connectivity index (χ2n) is 12.3. The second kappa shape index (κ2) is 10.8. The van der Waals surface area contributed by atoms with E-state index in [0.717, 1.165) is 31.1 Å². The molecule has 0 radical (unpaired) electrons. The quantitative estimate of drug-likeness (QED) is 0.198.